The molecule has 0 saturated carbocycles. The van der Waals surface area contributed by atoms with Crippen molar-refractivity contribution in [1.29, 1.82) is 0 Å². The number of methoxy groups -OCH3 is 2. The third-order valence-corrected chi connectivity index (χ3v) is 8.37. The van der Waals surface area contributed by atoms with Crippen molar-refractivity contribution in [2.45, 2.75) is 47.6 Å². The molecule has 1 heterocycles. The van der Waals surface area contributed by atoms with Gasteiger partial charge in [0.25, 0.3) is 0 Å². The summed E-state index contributed by atoms with van der Waals surface area (Å²) in [5.74, 6) is 1.06. The maximum Gasteiger partial charge on any atom is 0.243 e. The van der Waals surface area contributed by atoms with Crippen LogP contribution in [0.3, 0.4) is 0 Å². The molecule has 0 aromatic heterocycles. The average Bonchev–Trinajstić information content (AvgIpc) is 3.09. The van der Waals surface area contributed by atoms with Gasteiger partial charge in [0.1, 0.15) is 0 Å². The SMILES string of the molecule is COc1ccc(S[C@H](C)C(=O)Nc2ccc(S(=O)(=O)N3CCCCCC3)cc2)cc1OC. The van der Waals surface area contributed by atoms with Gasteiger partial charge in [-0.3, -0.25) is 4.79 Å². The Labute approximate surface area is 194 Å². The van der Waals surface area contributed by atoms with Crippen LogP contribution in [0.2, 0.25) is 0 Å². The van der Waals surface area contributed by atoms with Crippen LogP contribution < -0.4 is 14.8 Å². The van der Waals surface area contributed by atoms with E-state index in [0.29, 0.717) is 30.3 Å². The normalized spacial score (nSPS) is 16.1. The van der Waals surface area contributed by atoms with Crippen molar-refractivity contribution >= 4 is 33.4 Å². The van der Waals surface area contributed by atoms with E-state index >= 15 is 0 Å². The van der Waals surface area contributed by atoms with Gasteiger partial charge in [-0.25, -0.2) is 8.42 Å². The van der Waals surface area contributed by atoms with E-state index in [9.17, 15) is 13.2 Å². The molecule has 0 radical (unpaired) electrons. The molecule has 0 unspecified atom stereocenters. The number of nitrogens with one attached hydrogen (secondary N) is 1. The third kappa shape index (κ3) is 5.96. The Hall–Kier alpha value is -2.23. The van der Waals surface area contributed by atoms with Crippen LogP contribution >= 0.6 is 11.8 Å². The lowest BCUT2D eigenvalue weighted by molar-refractivity contribution is -0.115. The number of ether oxygens (including phenoxy) is 2. The van der Waals surface area contributed by atoms with Crippen LogP contribution in [0.1, 0.15) is 32.6 Å². The number of hydrogen-bond acceptors (Lipinski definition) is 6. The Morgan fingerprint density at radius 2 is 1.59 bits per heavy atom. The summed E-state index contributed by atoms with van der Waals surface area (Å²) >= 11 is 1.40. The lowest BCUT2D eigenvalue weighted by Gasteiger charge is -2.20. The maximum absolute atomic E-state index is 12.9. The van der Waals surface area contributed by atoms with Crippen LogP contribution in [0.15, 0.2) is 52.3 Å². The molecule has 0 aliphatic carbocycles. The molecule has 1 aliphatic rings. The van der Waals surface area contributed by atoms with Gasteiger partial charge in [0.05, 0.1) is 24.4 Å². The predicted molar refractivity (Wildman–Crippen MR) is 127 cm³/mol. The summed E-state index contributed by atoms with van der Waals surface area (Å²) in [6.45, 7) is 2.94. The van der Waals surface area contributed by atoms with E-state index < -0.39 is 10.0 Å². The van der Waals surface area contributed by atoms with Crippen molar-refractivity contribution in [1.82, 2.24) is 4.31 Å². The predicted octanol–water partition coefficient (Wildman–Crippen LogP) is 4.39. The van der Waals surface area contributed by atoms with E-state index in [-0.39, 0.29) is 16.1 Å². The third-order valence-electron chi connectivity index (χ3n) is 5.36. The minimum atomic E-state index is -3.51. The molecule has 32 heavy (non-hydrogen) atoms. The Bertz CT molecular complexity index is 1020. The van der Waals surface area contributed by atoms with Gasteiger partial charge in [-0.1, -0.05) is 12.8 Å². The first-order valence-corrected chi connectivity index (χ1v) is 13.0. The molecule has 2 aromatic rings. The molecule has 1 aliphatic heterocycles. The van der Waals surface area contributed by atoms with Crippen molar-refractivity contribution in [3.8, 4) is 11.5 Å². The number of nitrogens with zero attached hydrogens (tertiary/aromatic N) is 1. The lowest BCUT2D eigenvalue weighted by atomic mass is 10.2. The molecule has 2 aromatic carbocycles. The van der Waals surface area contributed by atoms with Crippen molar-refractivity contribution in [2.75, 3.05) is 32.6 Å². The Morgan fingerprint density at radius 1 is 0.969 bits per heavy atom. The molecule has 0 spiro atoms. The zero-order chi connectivity index (χ0) is 23.1. The summed E-state index contributed by atoms with van der Waals surface area (Å²) < 4.78 is 37.9. The molecule has 1 atom stereocenters. The number of carbonyl (C=O) groups is 1. The van der Waals surface area contributed by atoms with E-state index in [4.69, 9.17) is 9.47 Å². The monoisotopic (exact) mass is 478 g/mol. The van der Waals surface area contributed by atoms with Crippen molar-refractivity contribution in [2.24, 2.45) is 0 Å². The van der Waals surface area contributed by atoms with Crippen LogP contribution in [0.5, 0.6) is 11.5 Å². The van der Waals surface area contributed by atoms with Gasteiger partial charge in [0.2, 0.25) is 15.9 Å². The van der Waals surface area contributed by atoms with Gasteiger partial charge in [-0.2, -0.15) is 4.31 Å². The second kappa shape index (κ2) is 11.1. The van der Waals surface area contributed by atoms with Gasteiger partial charge < -0.3 is 14.8 Å². The quantitative estimate of drug-likeness (QED) is 0.567. The molecule has 9 heteroatoms. The molecule has 1 N–H and O–H groups in total. The fourth-order valence-electron chi connectivity index (χ4n) is 3.53. The summed E-state index contributed by atoms with van der Waals surface area (Å²) in [6.07, 6.45) is 3.92. The van der Waals surface area contributed by atoms with Gasteiger partial charge in [0, 0.05) is 23.7 Å². The molecule has 1 amide bonds. The first-order chi connectivity index (χ1) is 15.3. The molecular formula is C23H30N2O5S2. The van der Waals surface area contributed by atoms with Crippen LogP contribution in [0.4, 0.5) is 5.69 Å². The second-order valence-corrected chi connectivity index (χ2v) is 11.0. The Kier molecular flexibility index (Phi) is 8.44. The van der Waals surface area contributed by atoms with Crippen molar-refractivity contribution in [3.63, 3.8) is 0 Å². The number of rotatable bonds is 8. The van der Waals surface area contributed by atoms with Crippen LogP contribution in [0.25, 0.3) is 0 Å². The topological polar surface area (TPSA) is 84.9 Å². The fourth-order valence-corrected chi connectivity index (χ4v) is 5.95. The molecule has 1 fully saturated rings. The highest BCUT2D eigenvalue weighted by atomic mass is 32.2. The summed E-state index contributed by atoms with van der Waals surface area (Å²) in [6, 6.07) is 11.9. The smallest absolute Gasteiger partial charge is 0.243 e. The molecular weight excluding hydrogens is 448 g/mol. The molecule has 0 bridgehead atoms. The van der Waals surface area contributed by atoms with E-state index in [0.717, 1.165) is 30.6 Å². The molecule has 7 nitrogen and oxygen atoms in total. The summed E-state index contributed by atoms with van der Waals surface area (Å²) in [5.41, 5.74) is 0.560. The number of sulfonamides is 1. The van der Waals surface area contributed by atoms with Crippen molar-refractivity contribution in [3.05, 3.63) is 42.5 Å². The number of thioether (sulfide) groups is 1. The fraction of sp³-hybridized carbons (Fsp3) is 0.435. The summed E-state index contributed by atoms with van der Waals surface area (Å²) in [7, 11) is -0.362. The average molecular weight is 479 g/mol. The minimum Gasteiger partial charge on any atom is -0.493 e. The van der Waals surface area contributed by atoms with Crippen LogP contribution in [0, 0.1) is 0 Å². The van der Waals surface area contributed by atoms with Crippen LogP contribution in [-0.4, -0.2) is 51.2 Å². The Balaban J connectivity index is 1.62. The molecule has 174 valence electrons. The standard InChI is InChI=1S/C23H30N2O5S2/c1-17(31-19-10-13-21(29-2)22(16-19)30-3)23(26)24-18-8-11-20(12-9-18)32(27,28)25-14-6-4-5-7-15-25/h8-13,16-17H,4-7,14-15H2,1-3H3,(H,24,26)/t17-/m1/s1. The maximum atomic E-state index is 12.9. The molecule has 3 rings (SSSR count). The van der Waals surface area contributed by atoms with Gasteiger partial charge >= 0.3 is 0 Å². The highest BCUT2D eigenvalue weighted by Crippen LogP contribution is 2.33. The second-order valence-electron chi connectivity index (χ2n) is 7.61. The highest BCUT2D eigenvalue weighted by molar-refractivity contribution is 8.00. The number of amides is 1. The number of carbonyl (C=O) groups excluding carboxylic acids is 1. The molecule has 1 saturated heterocycles. The van der Waals surface area contributed by atoms with Crippen LogP contribution in [-0.2, 0) is 14.8 Å². The van der Waals surface area contributed by atoms with Gasteiger partial charge in [-0.05, 0) is 62.2 Å². The Morgan fingerprint density at radius 3 is 2.19 bits per heavy atom. The highest BCUT2D eigenvalue weighted by Gasteiger charge is 2.25. The van der Waals surface area contributed by atoms with E-state index in [2.05, 4.69) is 5.32 Å². The van der Waals surface area contributed by atoms with E-state index in [1.165, 1.54) is 11.8 Å². The lowest BCUT2D eigenvalue weighted by Crippen LogP contribution is -2.31. The zero-order valence-electron chi connectivity index (χ0n) is 18.7. The van der Waals surface area contributed by atoms with E-state index in [1.54, 1.807) is 48.9 Å². The van der Waals surface area contributed by atoms with Gasteiger partial charge in [-0.15, -0.1) is 11.8 Å². The summed E-state index contributed by atoms with van der Waals surface area (Å²) in [4.78, 5) is 13.8. The van der Waals surface area contributed by atoms with Gasteiger partial charge in [0.15, 0.2) is 11.5 Å². The number of benzene rings is 2. The minimum absolute atomic E-state index is 0.173. The number of hydrogen-bond donors (Lipinski definition) is 1. The number of anilines is 1. The first-order valence-electron chi connectivity index (χ1n) is 10.6. The zero-order valence-corrected chi connectivity index (χ0v) is 20.3. The first kappa shape index (κ1) is 24.4. The van der Waals surface area contributed by atoms with E-state index in [1.807, 2.05) is 19.1 Å². The van der Waals surface area contributed by atoms with Crippen molar-refractivity contribution < 1.29 is 22.7 Å². The summed E-state index contributed by atoms with van der Waals surface area (Å²) in [5, 5.41) is 2.49. The largest absolute Gasteiger partial charge is 0.493 e.